The number of carbonyl (C=O) groups is 1. The molecule has 2 amide bonds. The van der Waals surface area contributed by atoms with Crippen molar-refractivity contribution in [2.45, 2.75) is 44.0 Å². The van der Waals surface area contributed by atoms with Gasteiger partial charge in [0, 0.05) is 24.5 Å². The molecular formula is C26H28FN3O3S. The predicted molar refractivity (Wildman–Crippen MR) is 132 cm³/mol. The van der Waals surface area contributed by atoms with Crippen molar-refractivity contribution in [3.05, 3.63) is 89.2 Å². The molecule has 0 saturated heterocycles. The van der Waals surface area contributed by atoms with Crippen molar-refractivity contribution in [1.82, 2.24) is 4.90 Å². The standard InChI is InChI=1S/C26H28FN3O3S/c1-26(2,3)20-5-9-22(10-6-20)28-25(31)30-15-14-18-16-24(13-4-19(18)17-30)34(32,33)29-23-11-7-21(27)8-12-23/h4-13,16,29H,14-15,17H2,1-3H3,(H,28,31). The van der Waals surface area contributed by atoms with Gasteiger partial charge in [-0.05, 0) is 77.1 Å². The van der Waals surface area contributed by atoms with E-state index in [0.717, 1.165) is 16.8 Å². The SMILES string of the molecule is CC(C)(C)c1ccc(NC(=O)N2CCc3cc(S(=O)(=O)Nc4ccc(F)cc4)ccc3C2)cc1. The summed E-state index contributed by atoms with van der Waals surface area (Å²) in [5, 5.41) is 2.94. The Morgan fingerprint density at radius 1 is 0.912 bits per heavy atom. The van der Waals surface area contributed by atoms with Crippen LogP contribution >= 0.6 is 0 Å². The summed E-state index contributed by atoms with van der Waals surface area (Å²) in [6, 6.07) is 17.7. The Morgan fingerprint density at radius 2 is 1.56 bits per heavy atom. The molecule has 0 atom stereocenters. The highest BCUT2D eigenvalue weighted by molar-refractivity contribution is 7.92. The van der Waals surface area contributed by atoms with Gasteiger partial charge in [-0.15, -0.1) is 0 Å². The lowest BCUT2D eigenvalue weighted by atomic mass is 9.87. The van der Waals surface area contributed by atoms with Crippen LogP contribution in [-0.2, 0) is 28.4 Å². The van der Waals surface area contributed by atoms with E-state index < -0.39 is 15.8 Å². The number of nitrogens with zero attached hydrogens (tertiary/aromatic N) is 1. The average Bonchev–Trinajstić information content (AvgIpc) is 2.79. The van der Waals surface area contributed by atoms with E-state index in [-0.39, 0.29) is 22.0 Å². The maximum atomic E-state index is 13.1. The van der Waals surface area contributed by atoms with Crippen LogP contribution in [-0.4, -0.2) is 25.9 Å². The number of urea groups is 1. The van der Waals surface area contributed by atoms with Crippen LogP contribution in [0.15, 0.2) is 71.6 Å². The molecule has 0 unspecified atom stereocenters. The van der Waals surface area contributed by atoms with Gasteiger partial charge in [-0.3, -0.25) is 4.72 Å². The molecule has 0 radical (unpaired) electrons. The molecule has 2 N–H and O–H groups in total. The monoisotopic (exact) mass is 481 g/mol. The molecule has 4 rings (SSSR count). The smallest absolute Gasteiger partial charge is 0.320 e. The zero-order chi connectivity index (χ0) is 24.5. The van der Waals surface area contributed by atoms with E-state index in [0.29, 0.717) is 19.5 Å². The summed E-state index contributed by atoms with van der Waals surface area (Å²) in [5.74, 6) is -0.438. The summed E-state index contributed by atoms with van der Waals surface area (Å²) in [6.45, 7) is 7.30. The topological polar surface area (TPSA) is 78.5 Å². The first-order chi connectivity index (χ1) is 16.0. The molecular weight excluding hydrogens is 453 g/mol. The normalized spacial score (nSPS) is 13.8. The van der Waals surface area contributed by atoms with Gasteiger partial charge < -0.3 is 10.2 Å². The van der Waals surface area contributed by atoms with Gasteiger partial charge in [0.2, 0.25) is 0 Å². The van der Waals surface area contributed by atoms with Crippen molar-refractivity contribution in [1.29, 1.82) is 0 Å². The van der Waals surface area contributed by atoms with Gasteiger partial charge >= 0.3 is 6.03 Å². The molecule has 1 aliphatic rings. The largest absolute Gasteiger partial charge is 0.322 e. The maximum Gasteiger partial charge on any atom is 0.322 e. The molecule has 1 aliphatic heterocycles. The van der Waals surface area contributed by atoms with Crippen molar-refractivity contribution in [3.63, 3.8) is 0 Å². The first-order valence-corrected chi connectivity index (χ1v) is 12.6. The van der Waals surface area contributed by atoms with Crippen LogP contribution in [0.5, 0.6) is 0 Å². The summed E-state index contributed by atoms with van der Waals surface area (Å²) in [7, 11) is -3.81. The zero-order valence-electron chi connectivity index (χ0n) is 19.4. The number of hydrogen-bond acceptors (Lipinski definition) is 3. The summed E-state index contributed by atoms with van der Waals surface area (Å²) in [4.78, 5) is 14.6. The summed E-state index contributed by atoms with van der Waals surface area (Å²) < 4.78 is 41.1. The first kappa shape index (κ1) is 23.8. The number of amides is 2. The van der Waals surface area contributed by atoms with Gasteiger partial charge in [0.1, 0.15) is 5.82 Å². The highest BCUT2D eigenvalue weighted by Gasteiger charge is 2.23. The number of benzene rings is 3. The molecule has 0 aliphatic carbocycles. The Hall–Kier alpha value is -3.39. The van der Waals surface area contributed by atoms with Crippen LogP contribution in [0.25, 0.3) is 0 Å². The summed E-state index contributed by atoms with van der Waals surface area (Å²) in [5.41, 5.74) is 4.05. The van der Waals surface area contributed by atoms with E-state index in [4.69, 9.17) is 0 Å². The Morgan fingerprint density at radius 3 is 2.21 bits per heavy atom. The lowest BCUT2D eigenvalue weighted by Gasteiger charge is -2.29. The minimum atomic E-state index is -3.81. The molecule has 34 heavy (non-hydrogen) atoms. The maximum absolute atomic E-state index is 13.1. The second kappa shape index (κ2) is 9.10. The molecule has 0 aromatic heterocycles. The van der Waals surface area contributed by atoms with Crippen molar-refractivity contribution in [2.24, 2.45) is 0 Å². The van der Waals surface area contributed by atoms with Crippen LogP contribution < -0.4 is 10.0 Å². The van der Waals surface area contributed by atoms with Crippen molar-refractivity contribution in [2.75, 3.05) is 16.6 Å². The Labute approximate surface area is 199 Å². The van der Waals surface area contributed by atoms with E-state index in [1.807, 2.05) is 24.3 Å². The quantitative estimate of drug-likeness (QED) is 0.515. The van der Waals surface area contributed by atoms with E-state index in [1.165, 1.54) is 35.9 Å². The molecule has 0 bridgehead atoms. The Bertz CT molecular complexity index is 1300. The third kappa shape index (κ3) is 5.39. The number of fused-ring (bicyclic) bond motifs is 1. The van der Waals surface area contributed by atoms with E-state index >= 15 is 0 Å². The highest BCUT2D eigenvalue weighted by atomic mass is 32.2. The molecule has 1 heterocycles. The van der Waals surface area contributed by atoms with Crippen molar-refractivity contribution < 1.29 is 17.6 Å². The van der Waals surface area contributed by atoms with Gasteiger partial charge in [-0.1, -0.05) is 39.0 Å². The zero-order valence-corrected chi connectivity index (χ0v) is 20.2. The van der Waals surface area contributed by atoms with Crippen LogP contribution in [0.3, 0.4) is 0 Å². The fourth-order valence-electron chi connectivity index (χ4n) is 3.86. The fourth-order valence-corrected chi connectivity index (χ4v) is 4.97. The molecule has 0 fully saturated rings. The second-order valence-corrected chi connectivity index (χ2v) is 11.2. The molecule has 178 valence electrons. The Balaban J connectivity index is 1.43. The van der Waals surface area contributed by atoms with Gasteiger partial charge in [0.05, 0.1) is 4.90 Å². The number of nitrogens with one attached hydrogen (secondary N) is 2. The van der Waals surface area contributed by atoms with E-state index in [2.05, 4.69) is 30.8 Å². The van der Waals surface area contributed by atoms with Crippen LogP contribution in [0.2, 0.25) is 0 Å². The number of halogens is 1. The predicted octanol–water partition coefficient (Wildman–Crippen LogP) is 5.51. The van der Waals surface area contributed by atoms with Gasteiger partial charge in [-0.25, -0.2) is 17.6 Å². The average molecular weight is 482 g/mol. The van der Waals surface area contributed by atoms with Gasteiger partial charge in [0.25, 0.3) is 10.0 Å². The molecule has 0 spiro atoms. The molecule has 6 nitrogen and oxygen atoms in total. The minimum absolute atomic E-state index is 0.0417. The van der Waals surface area contributed by atoms with E-state index in [1.54, 1.807) is 17.0 Å². The van der Waals surface area contributed by atoms with Gasteiger partial charge in [0.15, 0.2) is 0 Å². The second-order valence-electron chi connectivity index (χ2n) is 9.47. The van der Waals surface area contributed by atoms with Crippen molar-refractivity contribution >= 4 is 27.4 Å². The number of hydrogen-bond donors (Lipinski definition) is 2. The molecule has 0 saturated carbocycles. The van der Waals surface area contributed by atoms with Gasteiger partial charge in [-0.2, -0.15) is 0 Å². The third-order valence-corrected chi connectivity index (χ3v) is 7.27. The number of sulfonamides is 1. The molecule has 3 aromatic carbocycles. The lowest BCUT2D eigenvalue weighted by Crippen LogP contribution is -2.39. The highest BCUT2D eigenvalue weighted by Crippen LogP contribution is 2.26. The van der Waals surface area contributed by atoms with Crippen LogP contribution in [0, 0.1) is 5.82 Å². The van der Waals surface area contributed by atoms with Crippen LogP contribution in [0.4, 0.5) is 20.6 Å². The third-order valence-electron chi connectivity index (χ3n) is 5.89. The van der Waals surface area contributed by atoms with Crippen molar-refractivity contribution in [3.8, 4) is 0 Å². The molecule has 3 aromatic rings. The molecule has 8 heteroatoms. The lowest BCUT2D eigenvalue weighted by molar-refractivity contribution is 0.206. The number of anilines is 2. The Kier molecular flexibility index (Phi) is 6.36. The first-order valence-electron chi connectivity index (χ1n) is 11.1. The van der Waals surface area contributed by atoms with E-state index in [9.17, 15) is 17.6 Å². The summed E-state index contributed by atoms with van der Waals surface area (Å²) in [6.07, 6.45) is 0.547. The fraction of sp³-hybridized carbons (Fsp3) is 0.269. The summed E-state index contributed by atoms with van der Waals surface area (Å²) >= 11 is 0. The number of rotatable bonds is 4. The number of carbonyl (C=O) groups excluding carboxylic acids is 1. The van der Waals surface area contributed by atoms with Crippen LogP contribution in [0.1, 0.15) is 37.5 Å². The minimum Gasteiger partial charge on any atom is -0.320 e.